The van der Waals surface area contributed by atoms with Crippen LogP contribution in [0.5, 0.6) is 0 Å². The molecule has 19 heavy (non-hydrogen) atoms. The fourth-order valence-electron chi connectivity index (χ4n) is 2.59. The van der Waals surface area contributed by atoms with Gasteiger partial charge in [0.15, 0.2) is 0 Å². The Labute approximate surface area is 115 Å². The third-order valence-electron chi connectivity index (χ3n) is 3.68. The SMILES string of the molecule is Cc1cnc2c(c1)C(=O)N(C)CC(CCN(C)C)C2. The van der Waals surface area contributed by atoms with Gasteiger partial charge in [-0.15, -0.1) is 0 Å². The van der Waals surface area contributed by atoms with E-state index < -0.39 is 0 Å². The van der Waals surface area contributed by atoms with E-state index in [1.807, 2.05) is 31.1 Å². The van der Waals surface area contributed by atoms with Crippen molar-refractivity contribution in [1.82, 2.24) is 14.8 Å². The van der Waals surface area contributed by atoms with Crippen LogP contribution in [0.2, 0.25) is 0 Å². The predicted octanol–water partition coefficient (Wildman–Crippen LogP) is 1.59. The van der Waals surface area contributed by atoms with E-state index in [9.17, 15) is 4.79 Å². The van der Waals surface area contributed by atoms with E-state index in [2.05, 4.69) is 24.0 Å². The van der Waals surface area contributed by atoms with Gasteiger partial charge in [0.2, 0.25) is 0 Å². The van der Waals surface area contributed by atoms with Gasteiger partial charge < -0.3 is 9.80 Å². The summed E-state index contributed by atoms with van der Waals surface area (Å²) >= 11 is 0. The van der Waals surface area contributed by atoms with E-state index in [0.29, 0.717) is 5.92 Å². The van der Waals surface area contributed by atoms with Gasteiger partial charge in [-0.3, -0.25) is 9.78 Å². The summed E-state index contributed by atoms with van der Waals surface area (Å²) in [6.07, 6.45) is 3.86. The van der Waals surface area contributed by atoms with Crippen LogP contribution in [-0.2, 0) is 6.42 Å². The maximum atomic E-state index is 12.3. The van der Waals surface area contributed by atoms with Crippen LogP contribution < -0.4 is 0 Å². The first-order valence-electron chi connectivity index (χ1n) is 6.83. The Kier molecular flexibility index (Phi) is 4.20. The molecule has 1 aromatic rings. The summed E-state index contributed by atoms with van der Waals surface area (Å²) in [5.74, 6) is 0.603. The molecule has 4 heteroatoms. The average Bonchev–Trinajstić information content (AvgIpc) is 2.47. The number of hydrogen-bond donors (Lipinski definition) is 0. The zero-order valence-corrected chi connectivity index (χ0v) is 12.3. The van der Waals surface area contributed by atoms with Gasteiger partial charge in [0.1, 0.15) is 0 Å². The second kappa shape index (κ2) is 5.70. The lowest BCUT2D eigenvalue weighted by atomic mass is 9.98. The van der Waals surface area contributed by atoms with Crippen molar-refractivity contribution in [1.29, 1.82) is 0 Å². The maximum Gasteiger partial charge on any atom is 0.255 e. The Morgan fingerprint density at radius 3 is 2.89 bits per heavy atom. The van der Waals surface area contributed by atoms with Gasteiger partial charge >= 0.3 is 0 Å². The van der Waals surface area contributed by atoms with Crippen LogP contribution in [0.4, 0.5) is 0 Å². The molecule has 1 aliphatic heterocycles. The van der Waals surface area contributed by atoms with E-state index in [-0.39, 0.29) is 5.91 Å². The minimum atomic E-state index is 0.110. The quantitative estimate of drug-likeness (QED) is 0.829. The second-order valence-corrected chi connectivity index (χ2v) is 5.85. The molecule has 0 spiro atoms. The van der Waals surface area contributed by atoms with Crippen molar-refractivity contribution >= 4 is 5.91 Å². The number of aromatic nitrogens is 1. The Morgan fingerprint density at radius 1 is 1.47 bits per heavy atom. The number of hydrogen-bond acceptors (Lipinski definition) is 3. The highest BCUT2D eigenvalue weighted by molar-refractivity contribution is 5.95. The molecule has 1 aliphatic rings. The third kappa shape index (κ3) is 3.32. The largest absolute Gasteiger partial charge is 0.341 e. The lowest BCUT2D eigenvalue weighted by Crippen LogP contribution is -2.31. The highest BCUT2D eigenvalue weighted by atomic mass is 16.2. The van der Waals surface area contributed by atoms with Crippen LogP contribution in [0.3, 0.4) is 0 Å². The Balaban J connectivity index is 2.22. The van der Waals surface area contributed by atoms with Crippen LogP contribution in [0.15, 0.2) is 12.3 Å². The van der Waals surface area contributed by atoms with E-state index >= 15 is 0 Å². The first-order chi connectivity index (χ1) is 8.97. The monoisotopic (exact) mass is 261 g/mol. The number of rotatable bonds is 3. The molecular formula is C15H23N3O. The zero-order chi connectivity index (χ0) is 14.0. The summed E-state index contributed by atoms with van der Waals surface area (Å²) < 4.78 is 0. The molecular weight excluding hydrogens is 238 g/mol. The van der Waals surface area contributed by atoms with Crippen LogP contribution in [0, 0.1) is 12.8 Å². The van der Waals surface area contributed by atoms with Gasteiger partial charge in [0.25, 0.3) is 5.91 Å². The number of amides is 1. The molecule has 4 nitrogen and oxygen atoms in total. The summed E-state index contributed by atoms with van der Waals surface area (Å²) in [7, 11) is 6.06. The van der Waals surface area contributed by atoms with Gasteiger partial charge in [0.05, 0.1) is 11.3 Å². The Hall–Kier alpha value is -1.42. The van der Waals surface area contributed by atoms with Crippen molar-refractivity contribution < 1.29 is 4.79 Å². The van der Waals surface area contributed by atoms with Crippen molar-refractivity contribution in [2.75, 3.05) is 34.2 Å². The fourth-order valence-corrected chi connectivity index (χ4v) is 2.59. The molecule has 0 bridgehead atoms. The standard InChI is InChI=1S/C15H23N3O/c1-11-7-13-14(16-9-11)8-12(5-6-17(2)3)10-18(4)15(13)19/h7,9,12H,5-6,8,10H2,1-4H3. The normalized spacial score (nSPS) is 19.5. The van der Waals surface area contributed by atoms with Crippen LogP contribution in [0.25, 0.3) is 0 Å². The molecule has 0 aromatic carbocycles. The van der Waals surface area contributed by atoms with Crippen molar-refractivity contribution in [2.24, 2.45) is 5.92 Å². The maximum absolute atomic E-state index is 12.3. The topological polar surface area (TPSA) is 36.4 Å². The molecule has 0 fully saturated rings. The lowest BCUT2D eigenvalue weighted by molar-refractivity contribution is 0.0779. The van der Waals surface area contributed by atoms with Gasteiger partial charge in [-0.2, -0.15) is 0 Å². The van der Waals surface area contributed by atoms with Crippen molar-refractivity contribution in [2.45, 2.75) is 19.8 Å². The Bertz CT molecular complexity index is 470. The van der Waals surface area contributed by atoms with Crippen molar-refractivity contribution in [3.05, 3.63) is 29.1 Å². The average molecular weight is 261 g/mol. The summed E-state index contributed by atoms with van der Waals surface area (Å²) in [5, 5.41) is 0. The van der Waals surface area contributed by atoms with E-state index in [1.165, 1.54) is 0 Å². The number of aryl methyl sites for hydroxylation is 1. The highest BCUT2D eigenvalue weighted by Gasteiger charge is 2.26. The van der Waals surface area contributed by atoms with Crippen LogP contribution >= 0.6 is 0 Å². The zero-order valence-electron chi connectivity index (χ0n) is 12.3. The first-order valence-corrected chi connectivity index (χ1v) is 6.83. The van der Waals surface area contributed by atoms with E-state index in [0.717, 1.165) is 42.8 Å². The molecule has 2 heterocycles. The number of carbonyl (C=O) groups excluding carboxylic acids is 1. The molecule has 0 saturated carbocycles. The molecule has 1 amide bonds. The summed E-state index contributed by atoms with van der Waals surface area (Å²) in [4.78, 5) is 20.9. The van der Waals surface area contributed by atoms with Crippen molar-refractivity contribution in [3.8, 4) is 0 Å². The third-order valence-corrected chi connectivity index (χ3v) is 3.68. The van der Waals surface area contributed by atoms with Gasteiger partial charge in [-0.25, -0.2) is 0 Å². The van der Waals surface area contributed by atoms with Gasteiger partial charge in [-0.1, -0.05) is 0 Å². The predicted molar refractivity (Wildman–Crippen MR) is 76.3 cm³/mol. The minimum absolute atomic E-state index is 0.110. The van der Waals surface area contributed by atoms with Gasteiger partial charge in [0, 0.05) is 19.8 Å². The highest BCUT2D eigenvalue weighted by Crippen LogP contribution is 2.22. The smallest absolute Gasteiger partial charge is 0.255 e. The second-order valence-electron chi connectivity index (χ2n) is 5.85. The summed E-state index contributed by atoms with van der Waals surface area (Å²) in [6, 6.07) is 1.97. The number of carbonyl (C=O) groups is 1. The summed E-state index contributed by atoms with van der Waals surface area (Å²) in [5.41, 5.74) is 2.80. The molecule has 0 saturated heterocycles. The number of nitrogens with zero attached hydrogens (tertiary/aromatic N) is 3. The van der Waals surface area contributed by atoms with Crippen molar-refractivity contribution in [3.63, 3.8) is 0 Å². The molecule has 0 N–H and O–H groups in total. The molecule has 1 unspecified atom stereocenters. The first kappa shape index (κ1) is 14.0. The van der Waals surface area contributed by atoms with Crippen LogP contribution in [0.1, 0.15) is 28.0 Å². The minimum Gasteiger partial charge on any atom is -0.341 e. The molecule has 104 valence electrons. The molecule has 0 aliphatic carbocycles. The molecule has 1 atom stereocenters. The number of pyridine rings is 1. The Morgan fingerprint density at radius 2 is 2.21 bits per heavy atom. The molecule has 1 aromatic heterocycles. The molecule has 2 rings (SSSR count). The van der Waals surface area contributed by atoms with E-state index in [4.69, 9.17) is 0 Å². The van der Waals surface area contributed by atoms with Gasteiger partial charge in [-0.05, 0) is 58.0 Å². The fraction of sp³-hybridized carbons (Fsp3) is 0.600. The number of fused-ring (bicyclic) bond motifs is 1. The summed E-state index contributed by atoms with van der Waals surface area (Å²) in [6.45, 7) is 3.85. The molecule has 0 radical (unpaired) electrons. The van der Waals surface area contributed by atoms with Crippen LogP contribution in [-0.4, -0.2) is 54.9 Å². The lowest BCUT2D eigenvalue weighted by Gasteiger charge is -2.21. The van der Waals surface area contributed by atoms with E-state index in [1.54, 1.807) is 0 Å².